The first-order valence-electron chi connectivity index (χ1n) is 8.10. The van der Waals surface area contributed by atoms with Crippen molar-refractivity contribution in [2.75, 3.05) is 13.2 Å². The smallest absolute Gasteiger partial charge is 0.306 e. The van der Waals surface area contributed by atoms with Crippen LogP contribution in [0, 0.1) is 0 Å². The molecule has 3 nitrogen and oxygen atoms in total. The Morgan fingerprint density at radius 3 is 2.86 bits per heavy atom. The molecule has 1 aromatic carbocycles. The number of hydrogen-bond donors (Lipinski definition) is 1. The van der Waals surface area contributed by atoms with Gasteiger partial charge < -0.3 is 10.1 Å². The summed E-state index contributed by atoms with van der Waals surface area (Å²) < 4.78 is 5.28. The summed E-state index contributed by atoms with van der Waals surface area (Å²) >= 11 is 0. The molecule has 2 aliphatic rings. The number of carbonyl (C=O) groups excluding carboxylic acids is 1. The molecule has 1 saturated heterocycles. The Hall–Kier alpha value is -1.06. The topological polar surface area (TPSA) is 38.3 Å². The third kappa shape index (κ3) is 2.65. The number of ether oxygens (including phenoxy) is 1. The van der Waals surface area contributed by atoms with E-state index in [9.17, 15) is 4.79 Å². The molecular formula is C18H26ClNO2. The van der Waals surface area contributed by atoms with Crippen molar-refractivity contribution in [2.24, 2.45) is 0 Å². The largest absolute Gasteiger partial charge is 0.466 e. The molecule has 1 N–H and O–H groups in total. The maximum absolute atomic E-state index is 12.3. The van der Waals surface area contributed by atoms with Crippen LogP contribution in [-0.2, 0) is 21.4 Å². The second-order valence-corrected chi connectivity index (χ2v) is 6.58. The van der Waals surface area contributed by atoms with E-state index < -0.39 is 0 Å². The summed E-state index contributed by atoms with van der Waals surface area (Å²) in [6.45, 7) is 5.67. The molecule has 0 amide bonds. The summed E-state index contributed by atoms with van der Waals surface area (Å²) in [6.07, 6.45) is 4.84. The number of halogens is 1. The first-order valence-corrected chi connectivity index (χ1v) is 8.10. The molecule has 1 aromatic rings. The number of carbonyl (C=O) groups is 1. The van der Waals surface area contributed by atoms with Crippen LogP contribution in [0.4, 0.5) is 0 Å². The molecular weight excluding hydrogens is 298 g/mol. The molecule has 1 heterocycles. The van der Waals surface area contributed by atoms with Gasteiger partial charge in [-0.3, -0.25) is 4.79 Å². The van der Waals surface area contributed by atoms with Gasteiger partial charge in [0.15, 0.2) is 0 Å². The van der Waals surface area contributed by atoms with Crippen LogP contribution in [0.1, 0.15) is 50.7 Å². The predicted octanol–water partition coefficient (Wildman–Crippen LogP) is 3.39. The fourth-order valence-corrected chi connectivity index (χ4v) is 4.39. The Morgan fingerprint density at radius 2 is 2.09 bits per heavy atom. The van der Waals surface area contributed by atoms with Crippen molar-refractivity contribution in [3.63, 3.8) is 0 Å². The number of aryl methyl sites for hydroxylation is 1. The molecule has 1 aliphatic heterocycles. The average Bonchev–Trinajstić information content (AvgIpc) is 2.48. The minimum atomic E-state index is -0.119. The molecule has 4 heteroatoms. The van der Waals surface area contributed by atoms with Crippen molar-refractivity contribution in [3.05, 3.63) is 35.4 Å². The highest BCUT2D eigenvalue weighted by Gasteiger charge is 2.54. The van der Waals surface area contributed by atoms with E-state index in [0.717, 1.165) is 32.2 Å². The summed E-state index contributed by atoms with van der Waals surface area (Å²) in [7, 11) is 0. The van der Waals surface area contributed by atoms with Gasteiger partial charge >= 0.3 is 5.97 Å². The van der Waals surface area contributed by atoms with E-state index in [1.807, 2.05) is 6.92 Å². The van der Waals surface area contributed by atoms with Gasteiger partial charge in [0.2, 0.25) is 0 Å². The fourth-order valence-electron chi connectivity index (χ4n) is 4.39. The van der Waals surface area contributed by atoms with Gasteiger partial charge in [0.1, 0.15) is 0 Å². The SMILES string of the molecule is CCOC(=O)C[C@@]12CCCN[C@]1(C)CCc1ccccc12.Cl. The molecule has 0 spiro atoms. The Kier molecular flexibility index (Phi) is 5.18. The van der Waals surface area contributed by atoms with E-state index in [1.54, 1.807) is 0 Å². The summed E-state index contributed by atoms with van der Waals surface area (Å²) in [5.41, 5.74) is 2.64. The molecule has 1 aliphatic carbocycles. The van der Waals surface area contributed by atoms with E-state index in [1.165, 1.54) is 11.1 Å². The molecule has 22 heavy (non-hydrogen) atoms. The van der Waals surface area contributed by atoms with Crippen molar-refractivity contribution in [1.82, 2.24) is 5.32 Å². The summed E-state index contributed by atoms with van der Waals surface area (Å²) in [5, 5.41) is 3.72. The normalized spacial score (nSPS) is 29.7. The zero-order chi connectivity index (χ0) is 14.9. The molecule has 2 atom stereocenters. The van der Waals surface area contributed by atoms with E-state index in [2.05, 4.69) is 36.5 Å². The van der Waals surface area contributed by atoms with Crippen LogP contribution in [-0.4, -0.2) is 24.7 Å². The summed E-state index contributed by atoms with van der Waals surface area (Å²) in [4.78, 5) is 12.3. The van der Waals surface area contributed by atoms with Gasteiger partial charge in [0.25, 0.3) is 0 Å². The third-order valence-corrected chi connectivity index (χ3v) is 5.53. The first kappa shape index (κ1) is 17.3. The lowest BCUT2D eigenvalue weighted by molar-refractivity contribution is -0.146. The number of benzene rings is 1. The molecule has 1 fully saturated rings. The highest BCUT2D eigenvalue weighted by molar-refractivity contribution is 5.85. The van der Waals surface area contributed by atoms with Crippen molar-refractivity contribution in [2.45, 2.75) is 56.9 Å². The average molecular weight is 324 g/mol. The first-order chi connectivity index (χ1) is 10.1. The Balaban J connectivity index is 0.00000176. The molecule has 122 valence electrons. The Labute approximate surface area is 139 Å². The maximum Gasteiger partial charge on any atom is 0.306 e. The van der Waals surface area contributed by atoms with E-state index in [4.69, 9.17) is 4.74 Å². The van der Waals surface area contributed by atoms with Crippen LogP contribution < -0.4 is 5.32 Å². The van der Waals surface area contributed by atoms with Gasteiger partial charge in [0, 0.05) is 11.0 Å². The molecule has 0 unspecified atom stereocenters. The van der Waals surface area contributed by atoms with Gasteiger partial charge in [-0.1, -0.05) is 24.3 Å². The van der Waals surface area contributed by atoms with Gasteiger partial charge in [0.05, 0.1) is 13.0 Å². The zero-order valence-electron chi connectivity index (χ0n) is 13.5. The number of nitrogens with one attached hydrogen (secondary N) is 1. The minimum Gasteiger partial charge on any atom is -0.466 e. The highest BCUT2D eigenvalue weighted by atomic mass is 35.5. The van der Waals surface area contributed by atoms with Gasteiger partial charge in [-0.25, -0.2) is 0 Å². The van der Waals surface area contributed by atoms with Crippen molar-refractivity contribution in [1.29, 1.82) is 0 Å². The molecule has 0 saturated carbocycles. The number of fused-ring (bicyclic) bond motifs is 3. The lowest BCUT2D eigenvalue weighted by Gasteiger charge is -2.56. The molecule has 0 bridgehead atoms. The van der Waals surface area contributed by atoms with Crippen LogP contribution in [0.25, 0.3) is 0 Å². The monoisotopic (exact) mass is 323 g/mol. The van der Waals surface area contributed by atoms with Crippen LogP contribution in [0.3, 0.4) is 0 Å². The summed E-state index contributed by atoms with van der Waals surface area (Å²) in [5.74, 6) is -0.0656. The standard InChI is InChI=1S/C18H25NO2.ClH/c1-3-21-16(20)13-18-10-6-12-19-17(18,2)11-9-14-7-4-5-8-15(14)18;/h4-5,7-8,19H,3,6,9-13H2,1-2H3;1H/t17-,18-;/m1./s1. The molecule has 3 rings (SSSR count). The van der Waals surface area contributed by atoms with E-state index in [-0.39, 0.29) is 29.3 Å². The summed E-state index contributed by atoms with van der Waals surface area (Å²) in [6, 6.07) is 8.65. The van der Waals surface area contributed by atoms with Crippen LogP contribution in [0.15, 0.2) is 24.3 Å². The molecule has 0 aromatic heterocycles. The lowest BCUT2D eigenvalue weighted by Crippen LogP contribution is -2.64. The second kappa shape index (κ2) is 6.59. The predicted molar refractivity (Wildman–Crippen MR) is 90.6 cm³/mol. The van der Waals surface area contributed by atoms with Gasteiger partial charge in [-0.2, -0.15) is 0 Å². The zero-order valence-corrected chi connectivity index (χ0v) is 14.3. The van der Waals surface area contributed by atoms with Crippen LogP contribution in [0.5, 0.6) is 0 Å². The lowest BCUT2D eigenvalue weighted by atomic mass is 9.54. The highest BCUT2D eigenvalue weighted by Crippen LogP contribution is 2.51. The van der Waals surface area contributed by atoms with Crippen molar-refractivity contribution < 1.29 is 9.53 Å². The Bertz CT molecular complexity index is 548. The van der Waals surface area contributed by atoms with Crippen molar-refractivity contribution in [3.8, 4) is 0 Å². The second-order valence-electron chi connectivity index (χ2n) is 6.58. The number of piperidine rings is 1. The van der Waals surface area contributed by atoms with Crippen LogP contribution >= 0.6 is 12.4 Å². The fraction of sp³-hybridized carbons (Fsp3) is 0.611. The molecule has 0 radical (unpaired) electrons. The van der Waals surface area contributed by atoms with E-state index in [0.29, 0.717) is 13.0 Å². The van der Waals surface area contributed by atoms with E-state index >= 15 is 0 Å². The maximum atomic E-state index is 12.3. The number of esters is 1. The van der Waals surface area contributed by atoms with Gasteiger partial charge in [-0.15, -0.1) is 12.4 Å². The number of hydrogen-bond acceptors (Lipinski definition) is 3. The quantitative estimate of drug-likeness (QED) is 0.867. The third-order valence-electron chi connectivity index (χ3n) is 5.53. The van der Waals surface area contributed by atoms with Crippen LogP contribution in [0.2, 0.25) is 0 Å². The number of rotatable bonds is 3. The minimum absolute atomic E-state index is 0. The van der Waals surface area contributed by atoms with Crippen molar-refractivity contribution >= 4 is 18.4 Å². The van der Waals surface area contributed by atoms with Gasteiger partial charge in [-0.05, 0) is 57.2 Å². The Morgan fingerprint density at radius 1 is 1.32 bits per heavy atom.